The molecule has 0 aliphatic carbocycles. The summed E-state index contributed by atoms with van der Waals surface area (Å²) < 4.78 is 11.4. The second kappa shape index (κ2) is 16.2. The van der Waals surface area contributed by atoms with Crippen molar-refractivity contribution in [2.24, 2.45) is 0 Å². The van der Waals surface area contributed by atoms with Gasteiger partial charge in [-0.15, -0.1) is 34.0 Å². The minimum Gasteiger partial charge on any atom is -0.468 e. The maximum Gasteiger partial charge on any atom is 0.297 e. The van der Waals surface area contributed by atoms with E-state index in [4.69, 9.17) is 4.42 Å². The molecule has 0 fully saturated rings. The summed E-state index contributed by atoms with van der Waals surface area (Å²) in [6, 6.07) is 59.7. The minimum absolute atomic E-state index is 0.0610. The lowest BCUT2D eigenvalue weighted by Gasteiger charge is -2.43. The molecule has 2 aliphatic heterocycles. The molecule has 4 aromatic heterocycles. The van der Waals surface area contributed by atoms with Gasteiger partial charge in [-0.05, 0) is 164 Å². The Kier molecular flexibility index (Phi) is 9.80. The molecular weight excluding hydrogens is 932 g/mol. The quantitative estimate of drug-likeness (QED) is 0.155. The first-order valence-electron chi connectivity index (χ1n) is 25.1. The van der Waals surface area contributed by atoms with Crippen molar-refractivity contribution in [3.63, 3.8) is 0 Å². The van der Waals surface area contributed by atoms with E-state index >= 15 is 0 Å². The van der Waals surface area contributed by atoms with Crippen molar-refractivity contribution >= 4 is 133 Å². The fourth-order valence-electron chi connectivity index (χ4n) is 11.9. The standard InChI is InChI=1S/C65H51BN2OS3/c1-37(2)42-31-55-61-56(32-42)68(62-38(3)27-43(28-39(62)4)52-36-72-60-22-13-10-19-48(52)60)63-49-33-44(65(5,6)7)24-26-57(49)69-64(63)66(61)53-25-23-41(51-35-71-59-21-12-9-18-47(51)59)30-54(53)67(55)45-16-14-15-40(29-45)50-34-70-58-20-11-8-17-46(50)58/h8-37H,1-7H3. The Morgan fingerprint density at radius 3 is 1.67 bits per heavy atom. The third-order valence-corrected chi connectivity index (χ3v) is 18.3. The number of hydrogen-bond acceptors (Lipinski definition) is 6. The van der Waals surface area contributed by atoms with Crippen molar-refractivity contribution in [3.8, 4) is 33.4 Å². The minimum atomic E-state index is -0.173. The van der Waals surface area contributed by atoms with E-state index in [1.54, 1.807) is 0 Å². The molecule has 3 nitrogen and oxygen atoms in total. The number of furan rings is 1. The van der Waals surface area contributed by atoms with Gasteiger partial charge in [0.1, 0.15) is 5.58 Å². The van der Waals surface area contributed by atoms with E-state index in [1.165, 1.54) is 120 Å². The van der Waals surface area contributed by atoms with Gasteiger partial charge in [-0.3, -0.25) is 0 Å². The Hall–Kier alpha value is -7.16. The van der Waals surface area contributed by atoms with Crippen molar-refractivity contribution in [2.45, 2.75) is 59.8 Å². The summed E-state index contributed by atoms with van der Waals surface area (Å²) in [4.78, 5) is 5.19. The molecule has 0 N–H and O–H groups in total. The molecule has 2 aliphatic rings. The van der Waals surface area contributed by atoms with Crippen LogP contribution >= 0.6 is 34.0 Å². The number of benzene rings is 8. The number of nitrogens with zero attached hydrogens (tertiary/aromatic N) is 2. The SMILES string of the molecule is Cc1cc(-c2csc3ccccc23)cc(C)c1N1c2cc(C(C)C)cc3c2B(c2ccc(-c4csc5ccccc45)cc2N3c2cccc(-c3csc4ccccc34)c2)c2oc3ccc(C(C)(C)C)cc3c21. The molecule has 7 heteroatoms. The lowest BCUT2D eigenvalue weighted by atomic mass is 9.35. The van der Waals surface area contributed by atoms with E-state index < -0.39 is 0 Å². The summed E-state index contributed by atoms with van der Waals surface area (Å²) in [6.07, 6.45) is 0. The van der Waals surface area contributed by atoms with Gasteiger partial charge in [-0.25, -0.2) is 0 Å². The van der Waals surface area contributed by atoms with Crippen LogP contribution in [0.1, 0.15) is 62.8 Å². The third kappa shape index (κ3) is 6.60. The van der Waals surface area contributed by atoms with Crippen LogP contribution < -0.4 is 26.4 Å². The number of fused-ring (bicyclic) bond motifs is 9. The predicted molar refractivity (Wildman–Crippen MR) is 315 cm³/mol. The van der Waals surface area contributed by atoms with Gasteiger partial charge in [0.15, 0.2) is 0 Å². The van der Waals surface area contributed by atoms with Gasteiger partial charge in [0.05, 0.1) is 17.0 Å². The second-order valence-electron chi connectivity index (χ2n) is 21.2. The van der Waals surface area contributed by atoms with Crippen LogP contribution in [0.3, 0.4) is 0 Å². The van der Waals surface area contributed by atoms with Gasteiger partial charge in [0, 0.05) is 75.1 Å². The molecule has 8 aromatic carbocycles. The van der Waals surface area contributed by atoms with Gasteiger partial charge < -0.3 is 14.2 Å². The predicted octanol–water partition coefficient (Wildman–Crippen LogP) is 18.2. The van der Waals surface area contributed by atoms with E-state index in [9.17, 15) is 0 Å². The Bertz CT molecular complexity index is 4170. The molecule has 6 heterocycles. The van der Waals surface area contributed by atoms with Crippen molar-refractivity contribution < 1.29 is 4.42 Å². The Labute approximate surface area is 433 Å². The molecule has 0 bridgehead atoms. The molecule has 0 amide bonds. The Balaban J connectivity index is 1.07. The zero-order valence-electron chi connectivity index (χ0n) is 41.4. The normalized spacial score (nSPS) is 13.2. The fraction of sp³-hybridized carbons (Fsp3) is 0.138. The van der Waals surface area contributed by atoms with Gasteiger partial charge in [-0.1, -0.05) is 120 Å². The summed E-state index contributed by atoms with van der Waals surface area (Å²) in [5.74, 6) is 0.258. The topological polar surface area (TPSA) is 19.6 Å². The van der Waals surface area contributed by atoms with Crippen LogP contribution in [-0.4, -0.2) is 6.71 Å². The summed E-state index contributed by atoms with van der Waals surface area (Å²) >= 11 is 5.46. The molecule has 14 rings (SSSR count). The van der Waals surface area contributed by atoms with Crippen molar-refractivity contribution in [2.75, 3.05) is 9.80 Å². The molecule has 0 spiro atoms. The molecule has 0 saturated carbocycles. The number of aryl methyl sites for hydroxylation is 2. The summed E-state index contributed by atoms with van der Waals surface area (Å²) in [7, 11) is 0. The van der Waals surface area contributed by atoms with Crippen LogP contribution in [0.2, 0.25) is 0 Å². The number of anilines is 6. The van der Waals surface area contributed by atoms with E-state index in [-0.39, 0.29) is 18.0 Å². The molecule has 0 unspecified atom stereocenters. The van der Waals surface area contributed by atoms with Crippen molar-refractivity contribution in [1.29, 1.82) is 0 Å². The first-order chi connectivity index (χ1) is 35.0. The van der Waals surface area contributed by atoms with Gasteiger partial charge in [-0.2, -0.15) is 0 Å². The fourth-order valence-corrected chi connectivity index (χ4v) is 14.8. The number of rotatable bonds is 6. The highest BCUT2D eigenvalue weighted by Crippen LogP contribution is 2.51. The average Bonchev–Trinajstić information content (AvgIpc) is 4.20. The monoisotopic (exact) mass is 982 g/mol. The Morgan fingerprint density at radius 2 is 1.07 bits per heavy atom. The van der Waals surface area contributed by atoms with E-state index in [2.05, 4.69) is 232 Å². The first-order valence-corrected chi connectivity index (χ1v) is 27.7. The van der Waals surface area contributed by atoms with Gasteiger partial charge in [0.25, 0.3) is 6.71 Å². The molecule has 72 heavy (non-hydrogen) atoms. The van der Waals surface area contributed by atoms with Gasteiger partial charge >= 0.3 is 0 Å². The maximum absolute atomic E-state index is 7.46. The average molecular weight is 983 g/mol. The molecule has 348 valence electrons. The third-order valence-electron chi connectivity index (χ3n) is 15.4. The van der Waals surface area contributed by atoms with E-state index in [0.29, 0.717) is 0 Å². The first kappa shape index (κ1) is 43.6. The highest BCUT2D eigenvalue weighted by molar-refractivity contribution is 7.18. The maximum atomic E-state index is 7.46. The highest BCUT2D eigenvalue weighted by atomic mass is 32.1. The van der Waals surface area contributed by atoms with Crippen LogP contribution in [0.25, 0.3) is 74.6 Å². The molecule has 0 saturated heterocycles. The zero-order chi connectivity index (χ0) is 48.7. The van der Waals surface area contributed by atoms with Crippen molar-refractivity contribution in [1.82, 2.24) is 0 Å². The summed E-state index contributed by atoms with van der Waals surface area (Å²) in [5.41, 5.74) is 23.9. The van der Waals surface area contributed by atoms with E-state index in [0.717, 1.165) is 28.0 Å². The molecule has 0 atom stereocenters. The highest BCUT2D eigenvalue weighted by Gasteiger charge is 2.47. The van der Waals surface area contributed by atoms with Gasteiger partial charge in [0.2, 0.25) is 0 Å². The van der Waals surface area contributed by atoms with Crippen LogP contribution in [-0.2, 0) is 5.41 Å². The van der Waals surface area contributed by atoms with Crippen LogP contribution in [0.4, 0.5) is 34.1 Å². The zero-order valence-corrected chi connectivity index (χ0v) is 43.9. The van der Waals surface area contributed by atoms with Crippen molar-refractivity contribution in [3.05, 3.63) is 196 Å². The number of hydrogen-bond donors (Lipinski definition) is 0. The Morgan fingerprint density at radius 1 is 0.500 bits per heavy atom. The molecule has 0 radical (unpaired) electrons. The summed E-state index contributed by atoms with van der Waals surface area (Å²) in [5, 5.41) is 12.0. The lowest BCUT2D eigenvalue weighted by molar-refractivity contribution is 0.590. The van der Waals surface area contributed by atoms with Crippen LogP contribution in [0, 0.1) is 13.8 Å². The summed E-state index contributed by atoms with van der Waals surface area (Å²) in [6.45, 7) is 16.1. The number of thiophene rings is 3. The van der Waals surface area contributed by atoms with Crippen LogP contribution in [0.5, 0.6) is 0 Å². The van der Waals surface area contributed by atoms with Crippen LogP contribution in [0.15, 0.2) is 178 Å². The lowest BCUT2D eigenvalue weighted by Crippen LogP contribution is -2.61. The largest absolute Gasteiger partial charge is 0.468 e. The molecular formula is C65H51BN2OS3. The molecule has 12 aromatic rings. The van der Waals surface area contributed by atoms with E-state index in [1.807, 2.05) is 34.0 Å². The second-order valence-corrected chi connectivity index (χ2v) is 24.0. The smallest absolute Gasteiger partial charge is 0.297 e.